The van der Waals surface area contributed by atoms with Crippen molar-refractivity contribution in [2.75, 3.05) is 20.1 Å². The highest BCUT2D eigenvalue weighted by molar-refractivity contribution is 6.04. The Hall–Kier alpha value is -2.85. The van der Waals surface area contributed by atoms with Gasteiger partial charge in [0.15, 0.2) is 0 Å². The lowest BCUT2D eigenvalue weighted by Crippen LogP contribution is -2.58. The molecule has 6 rings (SSSR count). The lowest BCUT2D eigenvalue weighted by molar-refractivity contribution is -0.147. The Bertz CT molecular complexity index is 1160. The largest absolute Gasteiger partial charge is 0.466 e. The Labute approximate surface area is 177 Å². The average molecular weight is 398 g/mol. The van der Waals surface area contributed by atoms with Crippen LogP contribution in [-0.4, -0.2) is 41.5 Å². The van der Waals surface area contributed by atoms with Crippen LogP contribution in [0.2, 0.25) is 0 Å². The van der Waals surface area contributed by atoms with Gasteiger partial charge in [0.25, 0.3) is 0 Å². The number of likely N-dealkylation sites (tertiary alicyclic amines) is 1. The zero-order valence-corrected chi connectivity index (χ0v) is 17.6. The van der Waals surface area contributed by atoms with E-state index in [9.17, 15) is 0 Å². The fourth-order valence-corrected chi connectivity index (χ4v) is 5.24. The van der Waals surface area contributed by atoms with Crippen LogP contribution in [0.5, 0.6) is 5.75 Å². The summed E-state index contributed by atoms with van der Waals surface area (Å²) in [5, 5.41) is 10.1. The van der Waals surface area contributed by atoms with E-state index >= 15 is 0 Å². The molecule has 0 unspecified atom stereocenters. The van der Waals surface area contributed by atoms with Gasteiger partial charge >= 0.3 is 0 Å². The van der Waals surface area contributed by atoms with Crippen molar-refractivity contribution in [2.45, 2.75) is 38.0 Å². The van der Waals surface area contributed by atoms with Crippen molar-refractivity contribution >= 4 is 16.5 Å². The summed E-state index contributed by atoms with van der Waals surface area (Å²) in [6, 6.07) is 22.1. The third-order valence-electron chi connectivity index (χ3n) is 7.00. The number of piperidine rings is 1. The second kappa shape index (κ2) is 6.58. The molecule has 152 valence electrons. The number of nitrogens with zero attached hydrogens (tertiary/aromatic N) is 3. The van der Waals surface area contributed by atoms with E-state index in [0.717, 1.165) is 38.1 Å². The van der Waals surface area contributed by atoms with Crippen molar-refractivity contribution in [3.63, 3.8) is 0 Å². The zero-order valence-electron chi connectivity index (χ0n) is 17.6. The molecule has 0 bridgehead atoms. The number of hydrogen-bond donors (Lipinski definition) is 0. The minimum Gasteiger partial charge on any atom is -0.466 e. The molecule has 0 N–H and O–H groups in total. The smallest absolute Gasteiger partial charge is 0.200 e. The number of rotatable bonds is 1. The third kappa shape index (κ3) is 2.74. The van der Waals surface area contributed by atoms with Crippen LogP contribution in [-0.2, 0) is 0 Å². The molecule has 0 saturated carbocycles. The van der Waals surface area contributed by atoms with E-state index in [1.165, 1.54) is 33.2 Å². The zero-order chi connectivity index (χ0) is 20.3. The molecule has 0 aliphatic carbocycles. The lowest BCUT2D eigenvalue weighted by atomic mass is 9.90. The van der Waals surface area contributed by atoms with Crippen LogP contribution < -0.4 is 4.74 Å². The molecule has 3 aliphatic rings. The Balaban J connectivity index is 1.45. The first kappa shape index (κ1) is 18.0. The third-order valence-corrected chi connectivity index (χ3v) is 7.00. The highest BCUT2D eigenvalue weighted by Crippen LogP contribution is 2.50. The van der Waals surface area contributed by atoms with Crippen molar-refractivity contribution in [3.8, 4) is 5.75 Å². The maximum atomic E-state index is 6.72. The maximum Gasteiger partial charge on any atom is 0.200 e. The van der Waals surface area contributed by atoms with Crippen LogP contribution in [0.25, 0.3) is 10.8 Å². The van der Waals surface area contributed by atoms with Gasteiger partial charge in [0.1, 0.15) is 5.75 Å². The summed E-state index contributed by atoms with van der Waals surface area (Å²) in [5.74, 6) is 1.04. The van der Waals surface area contributed by atoms with E-state index < -0.39 is 0 Å². The minimum atomic E-state index is -0.335. The molecular formula is C26H27N3O. The van der Waals surface area contributed by atoms with Crippen LogP contribution in [0.3, 0.4) is 0 Å². The number of hydrazone groups is 1. The number of fused-ring (bicyclic) bond motifs is 5. The normalized spacial score (nSPS) is 22.5. The minimum absolute atomic E-state index is 0.249. The Morgan fingerprint density at radius 3 is 2.60 bits per heavy atom. The molecule has 1 saturated heterocycles. The summed E-state index contributed by atoms with van der Waals surface area (Å²) in [4.78, 5) is 2.39. The highest BCUT2D eigenvalue weighted by Gasteiger charge is 2.51. The fourth-order valence-electron chi connectivity index (χ4n) is 5.24. The molecule has 3 aromatic rings. The van der Waals surface area contributed by atoms with Crippen molar-refractivity contribution in [1.82, 2.24) is 9.91 Å². The van der Waals surface area contributed by atoms with Crippen molar-refractivity contribution in [3.05, 3.63) is 77.4 Å². The maximum absolute atomic E-state index is 6.72. The van der Waals surface area contributed by atoms with E-state index in [0.29, 0.717) is 0 Å². The predicted molar refractivity (Wildman–Crippen MR) is 121 cm³/mol. The molecule has 0 radical (unpaired) electrons. The molecule has 0 aromatic heterocycles. The first-order valence-electron chi connectivity index (χ1n) is 11.0. The summed E-state index contributed by atoms with van der Waals surface area (Å²) in [5.41, 5.74) is 4.61. The SMILES string of the molecule is Cc1ccc2c(c1)[C@H]1CC(c3ccc4ccccc4c3)=NN1C1(CCN(C)CC1)O2. The van der Waals surface area contributed by atoms with E-state index in [2.05, 4.69) is 84.5 Å². The van der Waals surface area contributed by atoms with Crippen molar-refractivity contribution < 1.29 is 4.74 Å². The topological polar surface area (TPSA) is 28.1 Å². The molecule has 0 amide bonds. The van der Waals surface area contributed by atoms with Crippen molar-refractivity contribution in [1.29, 1.82) is 0 Å². The Morgan fingerprint density at radius 2 is 1.77 bits per heavy atom. The molecule has 30 heavy (non-hydrogen) atoms. The molecule has 3 aliphatic heterocycles. The first-order valence-corrected chi connectivity index (χ1v) is 11.0. The summed E-state index contributed by atoms with van der Waals surface area (Å²) in [6.45, 7) is 4.22. The van der Waals surface area contributed by atoms with Crippen LogP contribution in [0, 0.1) is 6.92 Å². The van der Waals surface area contributed by atoms with Gasteiger partial charge in [-0.15, -0.1) is 0 Å². The Kier molecular flexibility index (Phi) is 3.94. The molecule has 3 heterocycles. The van der Waals surface area contributed by atoms with Crippen LogP contribution >= 0.6 is 0 Å². The predicted octanol–water partition coefficient (Wildman–Crippen LogP) is 5.11. The molecule has 1 fully saturated rings. The molecule has 1 spiro atoms. The van der Waals surface area contributed by atoms with Gasteiger partial charge in [-0.25, -0.2) is 5.01 Å². The van der Waals surface area contributed by atoms with Gasteiger partial charge in [0.05, 0.1) is 11.8 Å². The second-order valence-corrected chi connectivity index (χ2v) is 9.07. The van der Waals surface area contributed by atoms with Crippen LogP contribution in [0.1, 0.15) is 42.0 Å². The summed E-state index contributed by atoms with van der Waals surface area (Å²) >= 11 is 0. The summed E-state index contributed by atoms with van der Waals surface area (Å²) < 4.78 is 6.72. The quantitative estimate of drug-likeness (QED) is 0.571. The molecule has 4 heteroatoms. The number of aryl methyl sites for hydroxylation is 1. The van der Waals surface area contributed by atoms with E-state index in [1.807, 2.05) is 0 Å². The fraction of sp³-hybridized carbons (Fsp3) is 0.346. The van der Waals surface area contributed by atoms with Crippen LogP contribution in [0.4, 0.5) is 0 Å². The van der Waals surface area contributed by atoms with Gasteiger partial charge in [-0.2, -0.15) is 5.10 Å². The number of benzene rings is 3. The average Bonchev–Trinajstić information content (AvgIpc) is 3.23. The monoisotopic (exact) mass is 397 g/mol. The number of ether oxygens (including phenoxy) is 1. The Morgan fingerprint density at radius 1 is 0.967 bits per heavy atom. The standard InChI is InChI=1S/C26H27N3O/c1-18-7-10-25-22(15-18)24-17-23(21-9-8-19-5-3-4-6-20(19)16-21)27-29(24)26(30-25)11-13-28(2)14-12-26/h3-10,15-16,24H,11-14,17H2,1-2H3/t24-/m1/s1. The first-order chi connectivity index (χ1) is 14.6. The van der Waals surface area contributed by atoms with Crippen molar-refractivity contribution in [2.24, 2.45) is 5.10 Å². The van der Waals surface area contributed by atoms with Gasteiger partial charge in [-0.3, -0.25) is 0 Å². The highest BCUT2D eigenvalue weighted by atomic mass is 16.5. The lowest BCUT2D eigenvalue weighted by Gasteiger charge is -2.50. The molecule has 3 aromatic carbocycles. The molecule has 4 nitrogen and oxygen atoms in total. The van der Waals surface area contributed by atoms with Gasteiger partial charge in [0, 0.05) is 37.9 Å². The van der Waals surface area contributed by atoms with E-state index in [-0.39, 0.29) is 11.8 Å². The van der Waals surface area contributed by atoms with E-state index in [1.54, 1.807) is 0 Å². The number of hydrogen-bond acceptors (Lipinski definition) is 4. The molecular weight excluding hydrogens is 370 g/mol. The van der Waals surface area contributed by atoms with Gasteiger partial charge in [-0.05, 0) is 42.4 Å². The van der Waals surface area contributed by atoms with E-state index in [4.69, 9.17) is 9.84 Å². The van der Waals surface area contributed by atoms with Gasteiger partial charge in [0.2, 0.25) is 5.72 Å². The van der Waals surface area contributed by atoms with Gasteiger partial charge in [-0.1, -0.05) is 54.1 Å². The van der Waals surface area contributed by atoms with Crippen LogP contribution in [0.15, 0.2) is 65.8 Å². The second-order valence-electron chi connectivity index (χ2n) is 9.07. The van der Waals surface area contributed by atoms with Gasteiger partial charge < -0.3 is 9.64 Å². The molecule has 1 atom stereocenters. The summed E-state index contributed by atoms with van der Waals surface area (Å²) in [6.07, 6.45) is 2.87. The summed E-state index contributed by atoms with van der Waals surface area (Å²) in [7, 11) is 2.19.